The smallest absolute Gasteiger partial charge is 0.376 e. The second kappa shape index (κ2) is 8.52. The summed E-state index contributed by atoms with van der Waals surface area (Å²) in [6.07, 6.45) is 1.68. The van der Waals surface area contributed by atoms with Crippen LogP contribution in [0.2, 0.25) is 0 Å². The normalized spacial score (nSPS) is 16.9. The lowest BCUT2D eigenvalue weighted by atomic mass is 10.1. The van der Waals surface area contributed by atoms with Crippen LogP contribution >= 0.6 is 0 Å². The summed E-state index contributed by atoms with van der Waals surface area (Å²) in [5.74, 6) is -0.578. The first-order valence-corrected chi connectivity index (χ1v) is 11.9. The maximum atomic E-state index is 13.3. The Hall–Kier alpha value is -3.67. The molecule has 4 rings (SSSR count). The Balaban J connectivity index is 1.69. The van der Waals surface area contributed by atoms with Crippen LogP contribution in [0.25, 0.3) is 10.9 Å². The van der Waals surface area contributed by atoms with E-state index in [1.54, 1.807) is 13.1 Å². The second-order valence-corrected chi connectivity index (χ2v) is 10.2. The van der Waals surface area contributed by atoms with Crippen molar-refractivity contribution in [2.45, 2.75) is 29.9 Å². The van der Waals surface area contributed by atoms with Crippen LogP contribution in [0.5, 0.6) is 0 Å². The number of hydrogen-bond acceptors (Lipinski definition) is 6. The second-order valence-electron chi connectivity index (χ2n) is 8.24. The number of fused-ring (bicyclic) bond motifs is 1. The molecule has 0 saturated carbocycles. The number of urea groups is 1. The number of carbonyl (C=O) groups excluding carboxylic acids is 2. The Morgan fingerprint density at radius 2 is 1.66 bits per heavy atom. The molecule has 0 N–H and O–H groups in total. The topological polar surface area (TPSA) is 90.9 Å². The maximum Gasteiger partial charge on any atom is 0.501 e. The molecular weight excluding hydrogens is 485 g/mol. The number of benzene rings is 2. The molecule has 1 atom stereocenters. The fraction of sp³-hybridized carbons (Fsp3) is 0.261. The van der Waals surface area contributed by atoms with Gasteiger partial charge in [0.1, 0.15) is 6.04 Å². The molecule has 1 aliphatic rings. The van der Waals surface area contributed by atoms with Crippen LogP contribution < -0.4 is 9.80 Å². The van der Waals surface area contributed by atoms with E-state index in [9.17, 15) is 31.2 Å². The molecule has 3 aromatic rings. The molecule has 3 amide bonds. The van der Waals surface area contributed by atoms with E-state index in [0.29, 0.717) is 0 Å². The fourth-order valence-corrected chi connectivity index (χ4v) is 4.73. The highest BCUT2D eigenvalue weighted by Gasteiger charge is 2.47. The largest absolute Gasteiger partial charge is 0.501 e. The van der Waals surface area contributed by atoms with Crippen molar-refractivity contribution >= 4 is 44.1 Å². The number of halogens is 3. The van der Waals surface area contributed by atoms with Gasteiger partial charge in [-0.1, -0.05) is 18.2 Å². The first-order chi connectivity index (χ1) is 16.3. The van der Waals surface area contributed by atoms with Gasteiger partial charge in [0, 0.05) is 25.0 Å². The van der Waals surface area contributed by atoms with Crippen LogP contribution in [-0.4, -0.2) is 55.9 Å². The number of aromatic nitrogens is 1. The lowest BCUT2D eigenvalue weighted by Gasteiger charge is -2.24. The summed E-state index contributed by atoms with van der Waals surface area (Å²) in [5, 5.41) is 0.811. The highest BCUT2D eigenvalue weighted by molar-refractivity contribution is 7.92. The van der Waals surface area contributed by atoms with E-state index in [4.69, 9.17) is 0 Å². The summed E-state index contributed by atoms with van der Waals surface area (Å²) in [6.45, 7) is 1.64. The van der Waals surface area contributed by atoms with E-state index in [0.717, 1.165) is 51.3 Å². The molecule has 184 valence electrons. The van der Waals surface area contributed by atoms with Crippen molar-refractivity contribution < 1.29 is 31.2 Å². The predicted octanol–water partition coefficient (Wildman–Crippen LogP) is 3.95. The van der Waals surface area contributed by atoms with Crippen LogP contribution in [0.15, 0.2) is 59.6 Å². The number of amides is 3. The molecule has 8 nitrogen and oxygen atoms in total. The fourth-order valence-electron chi connectivity index (χ4n) is 3.97. The standard InChI is InChI=1S/C23H21F3N4O4S/c1-14-21(31)30(15-8-10-16(11-9-15)35(33,34)23(24,25)26)22(32)29(14)13-18-17-6-4-5-7-19(17)27-12-20(18)28(2)3/h4-12,14H,13H2,1-3H3. The minimum Gasteiger partial charge on any atom is -0.376 e. The van der Waals surface area contributed by atoms with E-state index in [2.05, 4.69) is 4.98 Å². The Labute approximate surface area is 199 Å². The third-order valence-electron chi connectivity index (χ3n) is 5.87. The molecule has 1 aromatic heterocycles. The number of anilines is 2. The molecule has 0 aliphatic carbocycles. The van der Waals surface area contributed by atoms with Crippen LogP contribution in [0.1, 0.15) is 12.5 Å². The Kier molecular flexibility index (Phi) is 5.95. The third kappa shape index (κ3) is 4.07. The highest BCUT2D eigenvalue weighted by atomic mass is 32.2. The van der Waals surface area contributed by atoms with Crippen LogP contribution in [0.4, 0.5) is 29.3 Å². The van der Waals surface area contributed by atoms with Gasteiger partial charge in [-0.3, -0.25) is 9.78 Å². The molecule has 1 saturated heterocycles. The van der Waals surface area contributed by atoms with Gasteiger partial charge >= 0.3 is 11.5 Å². The molecule has 12 heteroatoms. The number of rotatable bonds is 5. The van der Waals surface area contributed by atoms with Gasteiger partial charge in [-0.25, -0.2) is 18.1 Å². The first kappa shape index (κ1) is 24.5. The molecule has 0 bridgehead atoms. The van der Waals surface area contributed by atoms with Gasteiger partial charge < -0.3 is 9.80 Å². The van der Waals surface area contributed by atoms with Gasteiger partial charge in [-0.05, 0) is 37.3 Å². The molecule has 1 fully saturated rings. The number of alkyl halides is 3. The average molecular weight is 507 g/mol. The van der Waals surface area contributed by atoms with Gasteiger partial charge in [0.15, 0.2) is 0 Å². The van der Waals surface area contributed by atoms with E-state index in [-0.39, 0.29) is 12.2 Å². The number of hydrogen-bond donors (Lipinski definition) is 0. The summed E-state index contributed by atoms with van der Waals surface area (Å²) >= 11 is 0. The van der Waals surface area contributed by atoms with Crippen molar-refractivity contribution in [3.63, 3.8) is 0 Å². The lowest BCUT2D eigenvalue weighted by Crippen LogP contribution is -2.34. The average Bonchev–Trinajstić information content (AvgIpc) is 3.01. The van der Waals surface area contributed by atoms with Gasteiger partial charge in [-0.2, -0.15) is 13.2 Å². The SMILES string of the molecule is CC1C(=O)N(c2ccc(S(=O)(=O)C(F)(F)F)cc2)C(=O)N1Cc1c(N(C)C)cnc2ccccc12. The minimum absolute atomic E-state index is 0.0251. The zero-order valence-corrected chi connectivity index (χ0v) is 19.8. The number of pyridine rings is 1. The first-order valence-electron chi connectivity index (χ1n) is 10.4. The molecular formula is C23H21F3N4O4S. The minimum atomic E-state index is -5.55. The Morgan fingerprint density at radius 3 is 2.26 bits per heavy atom. The third-order valence-corrected chi connectivity index (χ3v) is 7.37. The molecule has 0 spiro atoms. The number of para-hydroxylation sites is 1. The van der Waals surface area contributed by atoms with E-state index < -0.39 is 38.2 Å². The van der Waals surface area contributed by atoms with Gasteiger partial charge in [-0.15, -0.1) is 0 Å². The van der Waals surface area contributed by atoms with Gasteiger partial charge in [0.05, 0.1) is 34.5 Å². The van der Waals surface area contributed by atoms with E-state index >= 15 is 0 Å². The maximum absolute atomic E-state index is 13.3. The highest BCUT2D eigenvalue weighted by Crippen LogP contribution is 2.34. The molecule has 35 heavy (non-hydrogen) atoms. The van der Waals surface area contributed by atoms with Crippen molar-refractivity contribution in [3.05, 3.63) is 60.3 Å². The zero-order chi connectivity index (χ0) is 25.7. The van der Waals surface area contributed by atoms with Crippen molar-refractivity contribution in [1.29, 1.82) is 0 Å². The van der Waals surface area contributed by atoms with Crippen molar-refractivity contribution in [1.82, 2.24) is 9.88 Å². The molecule has 2 aromatic carbocycles. The number of nitrogens with zero attached hydrogens (tertiary/aromatic N) is 4. The van der Waals surface area contributed by atoms with Crippen LogP contribution in [0.3, 0.4) is 0 Å². The van der Waals surface area contributed by atoms with Crippen LogP contribution in [0, 0.1) is 0 Å². The monoisotopic (exact) mass is 506 g/mol. The van der Waals surface area contributed by atoms with Crippen molar-refractivity contribution in [3.8, 4) is 0 Å². The summed E-state index contributed by atoms with van der Waals surface area (Å²) in [6, 6.07) is 9.34. The summed E-state index contributed by atoms with van der Waals surface area (Å²) in [5.41, 5.74) is -3.23. The quantitative estimate of drug-likeness (QED) is 0.487. The number of imide groups is 1. The van der Waals surface area contributed by atoms with E-state index in [1.165, 1.54) is 4.90 Å². The van der Waals surface area contributed by atoms with Crippen molar-refractivity contribution in [2.75, 3.05) is 23.9 Å². The predicted molar refractivity (Wildman–Crippen MR) is 124 cm³/mol. The van der Waals surface area contributed by atoms with Crippen LogP contribution in [-0.2, 0) is 21.2 Å². The molecule has 2 heterocycles. The summed E-state index contributed by atoms with van der Waals surface area (Å²) in [7, 11) is -1.89. The van der Waals surface area contributed by atoms with Crippen molar-refractivity contribution in [2.24, 2.45) is 0 Å². The number of carbonyl (C=O) groups is 2. The van der Waals surface area contributed by atoms with Gasteiger partial charge in [0.2, 0.25) is 0 Å². The lowest BCUT2D eigenvalue weighted by molar-refractivity contribution is -0.119. The van der Waals surface area contributed by atoms with E-state index in [1.807, 2.05) is 43.3 Å². The zero-order valence-electron chi connectivity index (χ0n) is 18.9. The molecule has 1 aliphatic heterocycles. The molecule has 0 radical (unpaired) electrons. The summed E-state index contributed by atoms with van der Waals surface area (Å²) in [4.78, 5) is 33.8. The summed E-state index contributed by atoms with van der Waals surface area (Å²) < 4.78 is 61.8. The Bertz CT molecular complexity index is 1420. The molecule has 1 unspecified atom stereocenters. The van der Waals surface area contributed by atoms with Gasteiger partial charge in [0.25, 0.3) is 15.7 Å². The Morgan fingerprint density at radius 1 is 1.03 bits per heavy atom. The number of sulfone groups is 1.